The van der Waals surface area contributed by atoms with E-state index in [0.29, 0.717) is 23.7 Å². The fourth-order valence-electron chi connectivity index (χ4n) is 4.15. The standard InChI is InChI=1S/C29H34ClN3O4S/c1-4-18-31-29(35)27(5-2)32(20-23-11-9-10-22(3)19-23)28(34)21-33(25-12-7-6-8-13-25)38(36,37)26-16-14-24(30)15-17-26/h6-17,19,27H,4-5,18,20-21H2,1-3H3,(H,31,35). The van der Waals surface area contributed by atoms with Crippen LogP contribution in [0, 0.1) is 6.92 Å². The molecule has 9 heteroatoms. The molecule has 1 atom stereocenters. The van der Waals surface area contributed by atoms with Gasteiger partial charge < -0.3 is 10.2 Å². The third-order valence-electron chi connectivity index (χ3n) is 6.10. The van der Waals surface area contributed by atoms with Crippen molar-refractivity contribution in [3.63, 3.8) is 0 Å². The van der Waals surface area contributed by atoms with Gasteiger partial charge in [-0.1, -0.05) is 73.5 Å². The van der Waals surface area contributed by atoms with Gasteiger partial charge in [0.15, 0.2) is 0 Å². The lowest BCUT2D eigenvalue weighted by Gasteiger charge is -2.33. The van der Waals surface area contributed by atoms with E-state index in [1.165, 1.54) is 29.2 Å². The van der Waals surface area contributed by atoms with Crippen molar-refractivity contribution in [3.05, 3.63) is 95.0 Å². The van der Waals surface area contributed by atoms with Gasteiger partial charge in [-0.25, -0.2) is 8.42 Å². The van der Waals surface area contributed by atoms with Gasteiger partial charge in [-0.2, -0.15) is 0 Å². The number of para-hydroxylation sites is 1. The van der Waals surface area contributed by atoms with Gasteiger partial charge in [0.1, 0.15) is 12.6 Å². The molecule has 3 aromatic carbocycles. The van der Waals surface area contributed by atoms with Crippen molar-refractivity contribution in [1.82, 2.24) is 10.2 Å². The van der Waals surface area contributed by atoms with Crippen molar-refractivity contribution in [2.75, 3.05) is 17.4 Å². The predicted octanol–water partition coefficient (Wildman–Crippen LogP) is 5.18. The minimum absolute atomic E-state index is 0.0107. The first-order valence-corrected chi connectivity index (χ1v) is 14.4. The largest absolute Gasteiger partial charge is 0.354 e. The van der Waals surface area contributed by atoms with E-state index in [9.17, 15) is 18.0 Å². The summed E-state index contributed by atoms with van der Waals surface area (Å²) >= 11 is 5.98. The molecule has 38 heavy (non-hydrogen) atoms. The number of sulfonamides is 1. The molecular weight excluding hydrogens is 522 g/mol. The second-order valence-corrected chi connectivity index (χ2v) is 11.3. The van der Waals surface area contributed by atoms with Crippen molar-refractivity contribution in [2.45, 2.75) is 51.1 Å². The van der Waals surface area contributed by atoms with E-state index in [1.54, 1.807) is 30.3 Å². The van der Waals surface area contributed by atoms with E-state index >= 15 is 0 Å². The zero-order valence-corrected chi connectivity index (χ0v) is 23.5. The number of benzene rings is 3. The molecule has 0 fully saturated rings. The second kappa shape index (κ2) is 13.4. The summed E-state index contributed by atoms with van der Waals surface area (Å²) in [4.78, 5) is 28.5. The van der Waals surface area contributed by atoms with Crippen LogP contribution < -0.4 is 9.62 Å². The maximum atomic E-state index is 13.9. The molecule has 1 unspecified atom stereocenters. The molecule has 0 bridgehead atoms. The fourth-order valence-corrected chi connectivity index (χ4v) is 5.69. The van der Waals surface area contributed by atoms with E-state index < -0.39 is 28.5 Å². The number of carbonyl (C=O) groups excluding carboxylic acids is 2. The Labute approximate surface area is 230 Å². The Morgan fingerprint density at radius 2 is 1.63 bits per heavy atom. The van der Waals surface area contributed by atoms with E-state index in [1.807, 2.05) is 45.0 Å². The molecule has 202 valence electrons. The highest BCUT2D eigenvalue weighted by molar-refractivity contribution is 7.92. The topological polar surface area (TPSA) is 86.8 Å². The van der Waals surface area contributed by atoms with Crippen molar-refractivity contribution in [1.29, 1.82) is 0 Å². The third kappa shape index (κ3) is 7.36. The Balaban J connectivity index is 2.02. The number of nitrogens with zero attached hydrogens (tertiary/aromatic N) is 2. The Morgan fingerprint density at radius 1 is 0.947 bits per heavy atom. The average Bonchev–Trinajstić information content (AvgIpc) is 2.91. The summed E-state index contributed by atoms with van der Waals surface area (Å²) in [6, 6.07) is 21.2. The van der Waals surface area contributed by atoms with Crippen LogP contribution >= 0.6 is 11.6 Å². The van der Waals surface area contributed by atoms with Gasteiger partial charge in [-0.3, -0.25) is 13.9 Å². The number of nitrogens with one attached hydrogen (secondary N) is 1. The minimum atomic E-state index is -4.12. The van der Waals surface area contributed by atoms with Crippen LogP contribution in [0.15, 0.2) is 83.8 Å². The molecule has 3 rings (SSSR count). The molecule has 0 aliphatic carbocycles. The Morgan fingerprint density at radius 3 is 2.24 bits per heavy atom. The maximum absolute atomic E-state index is 13.9. The van der Waals surface area contributed by atoms with Crippen LogP contribution in [0.4, 0.5) is 5.69 Å². The number of anilines is 1. The number of hydrogen-bond acceptors (Lipinski definition) is 4. The first-order valence-electron chi connectivity index (χ1n) is 12.6. The lowest BCUT2D eigenvalue weighted by atomic mass is 10.1. The van der Waals surface area contributed by atoms with Crippen molar-refractivity contribution in [2.24, 2.45) is 0 Å². The highest BCUT2D eigenvalue weighted by Gasteiger charge is 2.33. The first kappa shape index (κ1) is 29.2. The number of amides is 2. The molecule has 0 saturated heterocycles. The molecule has 7 nitrogen and oxygen atoms in total. The first-order chi connectivity index (χ1) is 18.2. The summed E-state index contributed by atoms with van der Waals surface area (Å²) in [6.07, 6.45) is 1.14. The monoisotopic (exact) mass is 555 g/mol. The Hall–Kier alpha value is -3.36. The van der Waals surface area contributed by atoms with Gasteiger partial charge in [0.2, 0.25) is 11.8 Å². The average molecular weight is 556 g/mol. The number of hydrogen-bond donors (Lipinski definition) is 1. The van der Waals surface area contributed by atoms with E-state index in [-0.39, 0.29) is 17.3 Å². The summed E-state index contributed by atoms with van der Waals surface area (Å²) in [6.45, 7) is 5.93. The van der Waals surface area contributed by atoms with Gasteiger partial charge in [0.05, 0.1) is 10.6 Å². The van der Waals surface area contributed by atoms with Crippen LogP contribution in [0.5, 0.6) is 0 Å². The molecule has 2 amide bonds. The van der Waals surface area contributed by atoms with Crippen molar-refractivity contribution < 1.29 is 18.0 Å². The molecule has 3 aromatic rings. The molecule has 0 radical (unpaired) electrons. The molecule has 0 aromatic heterocycles. The van der Waals surface area contributed by atoms with Crippen molar-refractivity contribution in [3.8, 4) is 0 Å². The Kier molecular flexibility index (Phi) is 10.3. The Bertz CT molecular complexity index is 1330. The SMILES string of the molecule is CCCNC(=O)C(CC)N(Cc1cccc(C)c1)C(=O)CN(c1ccccc1)S(=O)(=O)c1ccc(Cl)cc1. The van der Waals surface area contributed by atoms with Crippen LogP contribution in [-0.2, 0) is 26.2 Å². The molecule has 0 spiro atoms. The molecule has 0 aliphatic heterocycles. The molecule has 0 saturated carbocycles. The second-order valence-electron chi connectivity index (χ2n) is 9.03. The molecular formula is C29H34ClN3O4S. The number of halogens is 1. The molecule has 0 heterocycles. The van der Waals surface area contributed by atoms with Crippen molar-refractivity contribution >= 4 is 39.1 Å². The van der Waals surface area contributed by atoms with E-state index in [2.05, 4.69) is 5.32 Å². The summed E-state index contributed by atoms with van der Waals surface area (Å²) in [7, 11) is -4.12. The van der Waals surface area contributed by atoms with E-state index in [4.69, 9.17) is 11.6 Å². The summed E-state index contributed by atoms with van der Waals surface area (Å²) in [5, 5.41) is 3.29. The smallest absolute Gasteiger partial charge is 0.264 e. The van der Waals surface area contributed by atoms with Gasteiger partial charge in [0, 0.05) is 18.1 Å². The summed E-state index contributed by atoms with van der Waals surface area (Å²) < 4.78 is 28.6. The fraction of sp³-hybridized carbons (Fsp3) is 0.310. The molecule has 0 aliphatic rings. The van der Waals surface area contributed by atoms with E-state index in [0.717, 1.165) is 21.9 Å². The zero-order valence-electron chi connectivity index (χ0n) is 21.9. The summed E-state index contributed by atoms with van der Waals surface area (Å²) in [5.74, 6) is -0.742. The lowest BCUT2D eigenvalue weighted by molar-refractivity contribution is -0.140. The van der Waals surface area contributed by atoms with Gasteiger partial charge in [-0.15, -0.1) is 0 Å². The van der Waals surface area contributed by atoms with Gasteiger partial charge in [-0.05, 0) is 61.7 Å². The third-order valence-corrected chi connectivity index (χ3v) is 8.14. The highest BCUT2D eigenvalue weighted by atomic mass is 35.5. The quantitative estimate of drug-likeness (QED) is 0.334. The van der Waals surface area contributed by atoms with Crippen LogP contribution in [0.25, 0.3) is 0 Å². The van der Waals surface area contributed by atoms with Crippen LogP contribution in [-0.4, -0.2) is 44.3 Å². The number of carbonyl (C=O) groups is 2. The number of aryl methyl sites for hydroxylation is 1. The lowest BCUT2D eigenvalue weighted by Crippen LogP contribution is -2.52. The number of rotatable bonds is 12. The summed E-state index contributed by atoms with van der Waals surface area (Å²) in [5.41, 5.74) is 2.22. The minimum Gasteiger partial charge on any atom is -0.354 e. The van der Waals surface area contributed by atoms with Crippen LogP contribution in [0.2, 0.25) is 5.02 Å². The van der Waals surface area contributed by atoms with Crippen LogP contribution in [0.1, 0.15) is 37.8 Å². The normalized spacial score (nSPS) is 12.0. The van der Waals surface area contributed by atoms with Gasteiger partial charge >= 0.3 is 0 Å². The maximum Gasteiger partial charge on any atom is 0.264 e. The van der Waals surface area contributed by atoms with Gasteiger partial charge in [0.25, 0.3) is 10.0 Å². The zero-order chi connectivity index (χ0) is 27.7. The van der Waals surface area contributed by atoms with Crippen LogP contribution in [0.3, 0.4) is 0 Å². The molecule has 1 N–H and O–H groups in total. The predicted molar refractivity (Wildman–Crippen MR) is 152 cm³/mol. The highest BCUT2D eigenvalue weighted by Crippen LogP contribution is 2.25.